The maximum absolute atomic E-state index is 13.4. The minimum absolute atomic E-state index is 0.203. The summed E-state index contributed by atoms with van der Waals surface area (Å²) in [6.45, 7) is 5.32. The summed E-state index contributed by atoms with van der Waals surface area (Å²) in [7, 11) is 1.76. The molecular formula is C26H28F3N3O2. The summed E-state index contributed by atoms with van der Waals surface area (Å²) in [6.07, 6.45) is 0.394. The molecule has 0 saturated carbocycles. The monoisotopic (exact) mass is 471 g/mol. The van der Waals surface area contributed by atoms with Gasteiger partial charge in [0.2, 0.25) is 0 Å². The molecule has 8 heteroatoms. The van der Waals surface area contributed by atoms with Crippen LogP contribution in [0.3, 0.4) is 0 Å². The Morgan fingerprint density at radius 1 is 1.24 bits per heavy atom. The van der Waals surface area contributed by atoms with E-state index in [1.807, 2.05) is 18.2 Å². The molecule has 2 heterocycles. The number of hydrogen-bond donors (Lipinski definition) is 1. The number of carbonyl (C=O) groups is 1. The average molecular weight is 472 g/mol. The Hall–Kier alpha value is -3.55. The highest BCUT2D eigenvalue weighted by molar-refractivity contribution is 6.08. The van der Waals surface area contributed by atoms with Crippen molar-refractivity contribution >= 4 is 17.5 Å². The van der Waals surface area contributed by atoms with Crippen molar-refractivity contribution in [3.63, 3.8) is 0 Å². The molecule has 34 heavy (non-hydrogen) atoms. The van der Waals surface area contributed by atoms with Crippen LogP contribution in [0.2, 0.25) is 0 Å². The molecule has 5 nitrogen and oxygen atoms in total. The third-order valence-corrected chi connectivity index (χ3v) is 5.66. The number of fused-ring (bicyclic) bond motifs is 1. The number of benzene rings is 1. The summed E-state index contributed by atoms with van der Waals surface area (Å²) < 4.78 is 45.9. The molecule has 0 fully saturated rings. The van der Waals surface area contributed by atoms with Gasteiger partial charge in [-0.2, -0.15) is 13.2 Å². The van der Waals surface area contributed by atoms with E-state index in [2.05, 4.69) is 10.3 Å². The number of ether oxygens (including phenoxy) is 1. The SMILES string of the molecule is C/C=C(\C=C/C(=C(C)CC)C(F)(F)F)Oc1ccc2c(c1)C(=O)N(c1cccc(NC)n1)CC2. The van der Waals surface area contributed by atoms with Gasteiger partial charge in [-0.3, -0.25) is 9.69 Å². The predicted octanol–water partition coefficient (Wildman–Crippen LogP) is 6.45. The standard InChI is InChI=1S/C26H28F3N3O2/c1-5-17(3)22(26(27,28)29)13-12-19(6-2)34-20-11-10-18-14-15-32(25(33)21(18)16-20)24-9-7-8-23(30-4)31-24/h6-13,16H,5,14-15H2,1-4H3,(H,30,31)/b13-12-,19-6+,22-17?. The van der Waals surface area contributed by atoms with Gasteiger partial charge in [-0.15, -0.1) is 0 Å². The first-order valence-electron chi connectivity index (χ1n) is 11.1. The Labute approximate surface area is 197 Å². The lowest BCUT2D eigenvalue weighted by molar-refractivity contribution is -0.0891. The Kier molecular flexibility index (Phi) is 7.81. The maximum Gasteiger partial charge on any atom is 0.416 e. The van der Waals surface area contributed by atoms with Crippen LogP contribution in [-0.4, -0.2) is 30.7 Å². The normalized spacial score (nSPS) is 15.3. The molecule has 1 amide bonds. The fourth-order valence-corrected chi connectivity index (χ4v) is 3.61. The van der Waals surface area contributed by atoms with Gasteiger partial charge in [0.1, 0.15) is 23.1 Å². The molecule has 0 atom stereocenters. The van der Waals surface area contributed by atoms with E-state index < -0.39 is 11.7 Å². The fourth-order valence-electron chi connectivity index (χ4n) is 3.61. The molecule has 0 unspecified atom stereocenters. The number of halogens is 3. The number of aromatic nitrogens is 1. The van der Waals surface area contributed by atoms with Gasteiger partial charge in [0, 0.05) is 19.2 Å². The maximum atomic E-state index is 13.4. The molecular weight excluding hydrogens is 443 g/mol. The fraction of sp³-hybridized carbons (Fsp3) is 0.308. The second-order valence-electron chi connectivity index (χ2n) is 7.83. The van der Waals surface area contributed by atoms with E-state index in [1.165, 1.54) is 13.0 Å². The zero-order valence-corrected chi connectivity index (χ0v) is 19.7. The third kappa shape index (κ3) is 5.68. The van der Waals surface area contributed by atoms with Crippen LogP contribution in [0.25, 0.3) is 0 Å². The molecule has 3 rings (SSSR count). The number of anilines is 2. The van der Waals surface area contributed by atoms with E-state index in [0.717, 1.165) is 11.6 Å². The molecule has 0 radical (unpaired) electrons. The number of alkyl halides is 3. The topological polar surface area (TPSA) is 54.5 Å². The van der Waals surface area contributed by atoms with Gasteiger partial charge in [0.15, 0.2) is 0 Å². The number of allylic oxidation sites excluding steroid dienone is 5. The molecule has 1 aliphatic heterocycles. The van der Waals surface area contributed by atoms with Crippen molar-refractivity contribution < 1.29 is 22.7 Å². The minimum Gasteiger partial charge on any atom is -0.458 e. The van der Waals surface area contributed by atoms with Gasteiger partial charge in [0.05, 0.1) is 5.57 Å². The number of pyridine rings is 1. The molecule has 0 saturated heterocycles. The first-order valence-corrected chi connectivity index (χ1v) is 11.1. The van der Waals surface area contributed by atoms with Gasteiger partial charge in [-0.25, -0.2) is 4.98 Å². The number of rotatable bonds is 7. The highest BCUT2D eigenvalue weighted by atomic mass is 19.4. The molecule has 0 bridgehead atoms. The van der Waals surface area contributed by atoms with Crippen molar-refractivity contribution in [1.29, 1.82) is 0 Å². The van der Waals surface area contributed by atoms with Crippen molar-refractivity contribution in [3.8, 4) is 5.75 Å². The zero-order valence-electron chi connectivity index (χ0n) is 19.7. The molecule has 0 spiro atoms. The van der Waals surface area contributed by atoms with Gasteiger partial charge >= 0.3 is 6.18 Å². The van der Waals surface area contributed by atoms with Gasteiger partial charge < -0.3 is 10.1 Å². The first-order chi connectivity index (χ1) is 16.2. The van der Waals surface area contributed by atoms with Gasteiger partial charge in [-0.05, 0) is 74.7 Å². The molecule has 180 valence electrons. The summed E-state index contributed by atoms with van der Waals surface area (Å²) in [5, 5.41) is 2.96. The molecule has 0 aliphatic carbocycles. The van der Waals surface area contributed by atoms with Gasteiger partial charge in [-0.1, -0.05) is 24.6 Å². The van der Waals surface area contributed by atoms with Crippen LogP contribution in [-0.2, 0) is 6.42 Å². The van der Waals surface area contributed by atoms with E-state index in [9.17, 15) is 18.0 Å². The van der Waals surface area contributed by atoms with Crippen LogP contribution in [0, 0.1) is 0 Å². The van der Waals surface area contributed by atoms with Crippen molar-refractivity contribution in [2.24, 2.45) is 0 Å². The zero-order chi connectivity index (χ0) is 24.9. The molecule has 1 aromatic heterocycles. The van der Waals surface area contributed by atoms with Crippen LogP contribution in [0.5, 0.6) is 5.75 Å². The first kappa shape index (κ1) is 25.1. The quantitative estimate of drug-likeness (QED) is 0.372. The number of nitrogens with zero attached hydrogens (tertiary/aromatic N) is 2. The van der Waals surface area contributed by atoms with Gasteiger partial charge in [0.25, 0.3) is 5.91 Å². The lowest BCUT2D eigenvalue weighted by Crippen LogP contribution is -2.38. The Morgan fingerprint density at radius 3 is 2.65 bits per heavy atom. The minimum atomic E-state index is -4.45. The number of nitrogens with one attached hydrogen (secondary N) is 1. The lowest BCUT2D eigenvalue weighted by atomic mass is 9.98. The number of amides is 1. The predicted molar refractivity (Wildman–Crippen MR) is 128 cm³/mol. The summed E-state index contributed by atoms with van der Waals surface area (Å²) in [5.41, 5.74) is 0.925. The second-order valence-corrected chi connectivity index (χ2v) is 7.83. The summed E-state index contributed by atoms with van der Waals surface area (Å²) in [6, 6.07) is 10.6. The second kappa shape index (κ2) is 10.6. The van der Waals surface area contributed by atoms with Crippen molar-refractivity contribution in [2.75, 3.05) is 23.8 Å². The Morgan fingerprint density at radius 2 is 2.00 bits per heavy atom. The number of carbonyl (C=O) groups excluding carboxylic acids is 1. The Bertz CT molecular complexity index is 1150. The summed E-state index contributed by atoms with van der Waals surface area (Å²) in [4.78, 5) is 19.3. The highest BCUT2D eigenvalue weighted by Crippen LogP contribution is 2.31. The van der Waals surface area contributed by atoms with E-state index in [1.54, 1.807) is 50.1 Å². The van der Waals surface area contributed by atoms with E-state index in [-0.39, 0.29) is 17.2 Å². The van der Waals surface area contributed by atoms with Crippen molar-refractivity contribution in [2.45, 2.75) is 39.8 Å². The smallest absolute Gasteiger partial charge is 0.416 e. The van der Waals surface area contributed by atoms with Crippen LogP contribution in [0.1, 0.15) is 43.1 Å². The molecule has 2 aromatic rings. The largest absolute Gasteiger partial charge is 0.458 e. The average Bonchev–Trinajstić information content (AvgIpc) is 2.82. The van der Waals surface area contributed by atoms with E-state index >= 15 is 0 Å². The molecule has 1 aromatic carbocycles. The van der Waals surface area contributed by atoms with Crippen LogP contribution < -0.4 is 15.0 Å². The van der Waals surface area contributed by atoms with Crippen molar-refractivity contribution in [3.05, 3.63) is 82.7 Å². The Balaban J connectivity index is 1.84. The van der Waals surface area contributed by atoms with E-state index in [0.29, 0.717) is 42.3 Å². The summed E-state index contributed by atoms with van der Waals surface area (Å²) >= 11 is 0. The van der Waals surface area contributed by atoms with Crippen LogP contribution >= 0.6 is 0 Å². The third-order valence-electron chi connectivity index (χ3n) is 5.66. The molecule has 1 N–H and O–H groups in total. The van der Waals surface area contributed by atoms with Crippen molar-refractivity contribution in [1.82, 2.24) is 4.98 Å². The van der Waals surface area contributed by atoms with Crippen LogP contribution in [0.4, 0.5) is 24.8 Å². The lowest BCUT2D eigenvalue weighted by Gasteiger charge is -2.28. The summed E-state index contributed by atoms with van der Waals surface area (Å²) in [5.74, 6) is 1.61. The number of hydrogen-bond acceptors (Lipinski definition) is 4. The highest BCUT2D eigenvalue weighted by Gasteiger charge is 2.33. The van der Waals surface area contributed by atoms with E-state index in [4.69, 9.17) is 4.74 Å². The van der Waals surface area contributed by atoms with Crippen LogP contribution in [0.15, 0.2) is 71.5 Å². The molecule has 1 aliphatic rings.